The van der Waals surface area contributed by atoms with Crippen molar-refractivity contribution >= 4 is 22.9 Å². The number of pyridine rings is 1. The summed E-state index contributed by atoms with van der Waals surface area (Å²) in [4.78, 5) is 28.4. The molecule has 8 heteroatoms. The van der Waals surface area contributed by atoms with E-state index in [2.05, 4.69) is 19.9 Å². The maximum Gasteiger partial charge on any atom is 0.150 e. The maximum atomic E-state index is 12.3. The van der Waals surface area contributed by atoms with Gasteiger partial charge in [0.25, 0.3) is 0 Å². The lowest BCUT2D eigenvalue weighted by Crippen LogP contribution is -2.13. The van der Waals surface area contributed by atoms with Crippen LogP contribution in [0.2, 0.25) is 0 Å². The van der Waals surface area contributed by atoms with E-state index < -0.39 is 0 Å². The Balaban J connectivity index is 1.85. The molecule has 186 valence electrons. The van der Waals surface area contributed by atoms with Crippen molar-refractivity contribution in [3.63, 3.8) is 0 Å². The number of carbonyl (C=O) groups excluding carboxylic acids is 1. The van der Waals surface area contributed by atoms with E-state index in [1.165, 1.54) is 0 Å². The van der Waals surface area contributed by atoms with Gasteiger partial charge in [0.1, 0.15) is 17.3 Å². The molecule has 0 fully saturated rings. The average Bonchev–Trinajstić information content (AvgIpc) is 3.31. The molecule has 0 aliphatic rings. The lowest BCUT2D eigenvalue weighted by Gasteiger charge is -2.21. The number of imidazole rings is 1. The highest BCUT2D eigenvalue weighted by atomic mass is 16.5. The molecule has 2 aromatic carbocycles. The fourth-order valence-corrected chi connectivity index (χ4v) is 4.22. The van der Waals surface area contributed by atoms with Crippen molar-refractivity contribution in [1.29, 1.82) is 0 Å². The van der Waals surface area contributed by atoms with E-state index in [-0.39, 0.29) is 0 Å². The summed E-state index contributed by atoms with van der Waals surface area (Å²) in [7, 11) is 11.2. The van der Waals surface area contributed by atoms with Gasteiger partial charge in [-0.2, -0.15) is 0 Å². The van der Waals surface area contributed by atoms with E-state index in [1.54, 1.807) is 26.6 Å². The number of hydrogen-bond acceptors (Lipinski definition) is 7. The van der Waals surface area contributed by atoms with Crippen LogP contribution >= 0.6 is 0 Å². The summed E-state index contributed by atoms with van der Waals surface area (Å²) in [6, 6.07) is 11.6. The number of carbonyl (C=O) groups is 1. The molecule has 0 aliphatic carbocycles. The van der Waals surface area contributed by atoms with Gasteiger partial charge in [0.2, 0.25) is 0 Å². The van der Waals surface area contributed by atoms with Crippen LogP contribution in [0.3, 0.4) is 0 Å². The fourth-order valence-electron chi connectivity index (χ4n) is 4.22. The molecule has 2 aromatic heterocycles. The number of rotatable bonds is 9. The van der Waals surface area contributed by atoms with Crippen LogP contribution < -0.4 is 9.47 Å². The largest absolute Gasteiger partial charge is 0.496 e. The molecule has 0 radical (unpaired) electrons. The number of aromatic amines is 1. The first-order chi connectivity index (χ1) is 17.3. The Morgan fingerprint density at radius 1 is 1.03 bits per heavy atom. The van der Waals surface area contributed by atoms with Crippen LogP contribution in [-0.2, 0) is 6.54 Å². The van der Waals surface area contributed by atoms with Gasteiger partial charge in [-0.15, -0.1) is 0 Å². The number of aromatic nitrogens is 3. The summed E-state index contributed by atoms with van der Waals surface area (Å²) >= 11 is 0. The number of methoxy groups -OCH3 is 2. The molecule has 0 saturated heterocycles. The molecule has 0 bridgehead atoms. The predicted octanol–water partition coefficient (Wildman–Crippen LogP) is 4.47. The van der Waals surface area contributed by atoms with Gasteiger partial charge < -0.3 is 24.3 Å². The van der Waals surface area contributed by atoms with Crippen molar-refractivity contribution in [2.24, 2.45) is 0 Å². The predicted molar refractivity (Wildman–Crippen MR) is 142 cm³/mol. The Morgan fingerprint density at radius 3 is 2.33 bits per heavy atom. The lowest BCUT2D eigenvalue weighted by molar-refractivity contribution is 0.112. The molecule has 2 heterocycles. The second-order valence-electron chi connectivity index (χ2n) is 9.00. The van der Waals surface area contributed by atoms with Gasteiger partial charge in [0.15, 0.2) is 6.29 Å². The second-order valence-corrected chi connectivity index (χ2v) is 9.00. The van der Waals surface area contributed by atoms with Crippen molar-refractivity contribution < 1.29 is 14.3 Å². The maximum absolute atomic E-state index is 12.3. The highest BCUT2D eigenvalue weighted by Gasteiger charge is 2.19. The molecule has 0 amide bonds. The van der Waals surface area contributed by atoms with Crippen LogP contribution in [0.25, 0.3) is 28.0 Å². The van der Waals surface area contributed by atoms with E-state index in [0.717, 1.165) is 56.6 Å². The Labute approximate surface area is 211 Å². The molecular weight excluding hydrogens is 454 g/mol. The first-order valence-electron chi connectivity index (χ1n) is 11.5. The zero-order valence-corrected chi connectivity index (χ0v) is 21.5. The third-order valence-corrected chi connectivity index (χ3v) is 5.81. The van der Waals surface area contributed by atoms with Crippen molar-refractivity contribution in [2.75, 3.05) is 42.4 Å². The van der Waals surface area contributed by atoms with E-state index in [1.807, 2.05) is 75.7 Å². The molecule has 0 unspecified atom stereocenters. The molecule has 8 nitrogen and oxygen atoms in total. The van der Waals surface area contributed by atoms with Crippen molar-refractivity contribution in [3.05, 3.63) is 77.2 Å². The minimum Gasteiger partial charge on any atom is -0.496 e. The zero-order chi connectivity index (χ0) is 25.8. The topological polar surface area (TPSA) is 83.6 Å². The standard InChI is InChI=1S/C28H31N5O3/c1-32(2)15-22(19-12-26(35-5)23(16-33(3)4)27(13-19)36-6)21-8-7-18(11-20(21)17-34)28-30-24-9-10-29-14-25(24)31-28/h7-15,17H,16H2,1-6H3,(H,30,31)/b22-15-. The van der Waals surface area contributed by atoms with Gasteiger partial charge in [-0.25, -0.2) is 4.98 Å². The molecule has 4 aromatic rings. The molecule has 0 atom stereocenters. The minimum absolute atomic E-state index is 0.550. The van der Waals surface area contributed by atoms with Crippen LogP contribution in [0.5, 0.6) is 11.5 Å². The Hall–Kier alpha value is -4.17. The van der Waals surface area contributed by atoms with Gasteiger partial charge in [-0.05, 0) is 49.5 Å². The highest BCUT2D eigenvalue weighted by Crippen LogP contribution is 2.37. The summed E-state index contributed by atoms with van der Waals surface area (Å²) < 4.78 is 11.5. The van der Waals surface area contributed by atoms with Crippen LogP contribution in [0.4, 0.5) is 0 Å². The molecule has 0 aliphatic heterocycles. The molecule has 0 saturated carbocycles. The number of H-pyrrole nitrogens is 1. The van der Waals surface area contributed by atoms with Crippen LogP contribution in [0.15, 0.2) is 55.0 Å². The summed E-state index contributed by atoms with van der Waals surface area (Å²) in [5.41, 5.74) is 6.54. The Bertz CT molecular complexity index is 1360. The van der Waals surface area contributed by atoms with Crippen LogP contribution in [0.1, 0.15) is 27.0 Å². The first kappa shape index (κ1) is 24.9. The monoisotopic (exact) mass is 485 g/mol. The summed E-state index contributed by atoms with van der Waals surface area (Å²) in [6.45, 7) is 0.667. The number of aldehydes is 1. The number of benzene rings is 2. The number of nitrogens with zero attached hydrogens (tertiary/aromatic N) is 4. The number of fused-ring (bicyclic) bond motifs is 1. The third kappa shape index (κ3) is 5.08. The quantitative estimate of drug-likeness (QED) is 0.350. The van der Waals surface area contributed by atoms with Crippen molar-refractivity contribution in [3.8, 4) is 22.9 Å². The smallest absolute Gasteiger partial charge is 0.150 e. The van der Waals surface area contributed by atoms with E-state index >= 15 is 0 Å². The normalized spacial score (nSPS) is 11.7. The molecule has 36 heavy (non-hydrogen) atoms. The van der Waals surface area contributed by atoms with Gasteiger partial charge in [0.05, 0.1) is 37.0 Å². The SMILES string of the molecule is COc1cc(/C(=C/N(C)C)c2ccc(-c3nc4ccncc4[nH]3)cc2C=O)cc(OC)c1CN(C)C. The number of nitrogens with one attached hydrogen (secondary N) is 1. The third-order valence-electron chi connectivity index (χ3n) is 5.81. The Morgan fingerprint density at radius 2 is 1.75 bits per heavy atom. The fraction of sp³-hybridized carbons (Fsp3) is 0.250. The summed E-state index contributed by atoms with van der Waals surface area (Å²) in [5, 5.41) is 0. The number of hydrogen-bond donors (Lipinski definition) is 1. The van der Waals surface area contributed by atoms with Crippen LogP contribution in [-0.4, -0.2) is 73.4 Å². The first-order valence-corrected chi connectivity index (χ1v) is 11.5. The van der Waals surface area contributed by atoms with Gasteiger partial charge in [-0.3, -0.25) is 9.78 Å². The molecule has 1 N–H and O–H groups in total. The van der Waals surface area contributed by atoms with E-state index in [4.69, 9.17) is 9.47 Å². The molecular formula is C28H31N5O3. The van der Waals surface area contributed by atoms with Crippen molar-refractivity contribution in [1.82, 2.24) is 24.8 Å². The van der Waals surface area contributed by atoms with E-state index in [0.29, 0.717) is 17.9 Å². The summed E-state index contributed by atoms with van der Waals surface area (Å²) in [6.07, 6.45) is 6.31. The minimum atomic E-state index is 0.550. The van der Waals surface area contributed by atoms with Crippen LogP contribution in [0, 0.1) is 0 Å². The Kier molecular flexibility index (Phi) is 7.36. The van der Waals surface area contributed by atoms with E-state index in [9.17, 15) is 4.79 Å². The average molecular weight is 486 g/mol. The van der Waals surface area contributed by atoms with Gasteiger partial charge in [0, 0.05) is 49.7 Å². The number of ether oxygens (including phenoxy) is 2. The second kappa shape index (κ2) is 10.6. The van der Waals surface area contributed by atoms with Crippen molar-refractivity contribution in [2.45, 2.75) is 6.54 Å². The highest BCUT2D eigenvalue weighted by molar-refractivity contribution is 5.93. The van der Waals surface area contributed by atoms with Gasteiger partial charge >= 0.3 is 0 Å². The molecule has 0 spiro atoms. The summed E-state index contributed by atoms with van der Waals surface area (Å²) in [5.74, 6) is 2.13. The van der Waals surface area contributed by atoms with Gasteiger partial charge in [-0.1, -0.05) is 12.1 Å². The lowest BCUT2D eigenvalue weighted by atomic mass is 9.92. The zero-order valence-electron chi connectivity index (χ0n) is 21.5. The molecule has 4 rings (SSSR count).